The second-order valence-corrected chi connectivity index (χ2v) is 4.59. The van der Waals surface area contributed by atoms with Crippen molar-refractivity contribution in [2.45, 2.75) is 46.5 Å². The number of nitrogens with zero attached hydrogens (tertiary/aromatic N) is 1. The van der Waals surface area contributed by atoms with Gasteiger partial charge in [-0.2, -0.15) is 0 Å². The summed E-state index contributed by atoms with van der Waals surface area (Å²) >= 11 is 0. The second kappa shape index (κ2) is 4.61. The Bertz CT molecular complexity index is 356. The van der Waals surface area contributed by atoms with Gasteiger partial charge in [-0.25, -0.2) is 0 Å². The summed E-state index contributed by atoms with van der Waals surface area (Å²) < 4.78 is 0. The molecule has 0 fully saturated rings. The molecule has 0 amide bonds. The van der Waals surface area contributed by atoms with Gasteiger partial charge in [0.15, 0.2) is 0 Å². The Morgan fingerprint density at radius 2 is 1.87 bits per heavy atom. The molecule has 1 heterocycles. The summed E-state index contributed by atoms with van der Waals surface area (Å²) in [5.74, 6) is 0. The quantitative estimate of drug-likeness (QED) is 0.621. The van der Waals surface area contributed by atoms with E-state index in [0.29, 0.717) is 0 Å². The summed E-state index contributed by atoms with van der Waals surface area (Å²) in [7, 11) is 0. The second-order valence-electron chi connectivity index (χ2n) is 4.59. The molecule has 0 saturated heterocycles. The van der Waals surface area contributed by atoms with Crippen LogP contribution in [0.1, 0.15) is 51.4 Å². The molecule has 1 nitrogen and oxygen atoms in total. The van der Waals surface area contributed by atoms with Crippen LogP contribution < -0.4 is 0 Å². The van der Waals surface area contributed by atoms with Gasteiger partial charge in [0.05, 0.1) is 5.69 Å². The Balaban J connectivity index is 0.000000531. The number of aromatic nitrogens is 1. The zero-order chi connectivity index (χ0) is 11.5. The molecule has 0 spiro atoms. The van der Waals surface area contributed by atoms with Crippen LogP contribution in [0.3, 0.4) is 0 Å². The Hall–Kier alpha value is -1.11. The van der Waals surface area contributed by atoms with Crippen molar-refractivity contribution in [1.82, 2.24) is 4.98 Å². The van der Waals surface area contributed by atoms with Gasteiger partial charge in [0, 0.05) is 11.6 Å². The van der Waals surface area contributed by atoms with Crippen molar-refractivity contribution >= 4 is 6.08 Å². The molecule has 0 atom stereocenters. The van der Waals surface area contributed by atoms with E-state index in [0.717, 1.165) is 6.42 Å². The minimum atomic E-state index is 0.153. The molecule has 0 unspecified atom stereocenters. The van der Waals surface area contributed by atoms with Crippen LogP contribution >= 0.6 is 0 Å². The van der Waals surface area contributed by atoms with E-state index >= 15 is 0 Å². The lowest BCUT2D eigenvalue weighted by atomic mass is 9.87. The maximum absolute atomic E-state index is 4.47. The average molecular weight is 203 g/mol. The number of hydrogen-bond acceptors (Lipinski definition) is 1. The van der Waals surface area contributed by atoms with E-state index < -0.39 is 0 Å². The fourth-order valence-corrected chi connectivity index (χ4v) is 1.78. The first-order valence-corrected chi connectivity index (χ1v) is 5.74. The topological polar surface area (TPSA) is 12.9 Å². The molecule has 0 radical (unpaired) electrons. The highest BCUT2D eigenvalue weighted by Gasteiger charge is 2.21. The molecule has 1 aromatic heterocycles. The minimum absolute atomic E-state index is 0.153. The third-order valence-corrected chi connectivity index (χ3v) is 2.41. The molecule has 1 aromatic rings. The van der Waals surface area contributed by atoms with Crippen molar-refractivity contribution in [2.75, 3.05) is 0 Å². The van der Waals surface area contributed by atoms with Gasteiger partial charge in [-0.15, -0.1) is 0 Å². The first-order chi connectivity index (χ1) is 7.09. The van der Waals surface area contributed by atoms with E-state index in [4.69, 9.17) is 0 Å². The zero-order valence-corrected chi connectivity index (χ0v) is 10.5. The molecule has 1 aliphatic carbocycles. The number of allylic oxidation sites excluding steroid dienone is 1. The van der Waals surface area contributed by atoms with Crippen molar-refractivity contribution in [3.8, 4) is 0 Å². The smallest absolute Gasteiger partial charge is 0.0532 e. The normalized spacial score (nSPS) is 13.1. The molecule has 2 rings (SSSR count). The van der Waals surface area contributed by atoms with E-state index in [1.54, 1.807) is 0 Å². The highest BCUT2D eigenvalue weighted by Crippen LogP contribution is 2.29. The van der Waals surface area contributed by atoms with E-state index in [2.05, 4.69) is 44.0 Å². The van der Waals surface area contributed by atoms with Crippen molar-refractivity contribution in [3.63, 3.8) is 0 Å². The maximum Gasteiger partial charge on any atom is 0.0532 e. The van der Waals surface area contributed by atoms with Crippen molar-refractivity contribution in [1.29, 1.82) is 0 Å². The largest absolute Gasteiger partial charge is 0.260 e. The Morgan fingerprint density at radius 3 is 2.47 bits per heavy atom. The predicted octanol–water partition coefficient (Wildman–Crippen LogP) is 3.97. The third kappa shape index (κ3) is 2.47. The Labute approximate surface area is 93.2 Å². The summed E-state index contributed by atoms with van der Waals surface area (Å²) in [5, 5.41) is 0. The van der Waals surface area contributed by atoms with Crippen LogP contribution in [-0.4, -0.2) is 4.98 Å². The maximum atomic E-state index is 4.47. The molecule has 0 saturated carbocycles. The number of hydrogen-bond donors (Lipinski definition) is 0. The van der Waals surface area contributed by atoms with Crippen LogP contribution in [0.5, 0.6) is 0 Å². The van der Waals surface area contributed by atoms with Crippen molar-refractivity contribution in [3.05, 3.63) is 35.2 Å². The van der Waals surface area contributed by atoms with E-state index in [9.17, 15) is 0 Å². The van der Waals surface area contributed by atoms with E-state index in [1.165, 1.54) is 16.8 Å². The van der Waals surface area contributed by atoms with Gasteiger partial charge in [-0.05, 0) is 23.6 Å². The number of fused-ring (bicyclic) bond motifs is 1. The van der Waals surface area contributed by atoms with Crippen LogP contribution in [0.4, 0.5) is 0 Å². The molecular formula is C14H21N. The van der Waals surface area contributed by atoms with Crippen LogP contribution in [-0.2, 0) is 11.8 Å². The fraction of sp³-hybridized carbons (Fsp3) is 0.500. The summed E-state index contributed by atoms with van der Waals surface area (Å²) in [6.07, 6.45) is 7.40. The van der Waals surface area contributed by atoms with Crippen LogP contribution in [0, 0.1) is 0 Å². The lowest BCUT2D eigenvalue weighted by molar-refractivity contribution is 0.567. The number of pyridine rings is 1. The van der Waals surface area contributed by atoms with Gasteiger partial charge in [0.25, 0.3) is 0 Å². The fourth-order valence-electron chi connectivity index (χ4n) is 1.78. The van der Waals surface area contributed by atoms with Gasteiger partial charge in [0.2, 0.25) is 0 Å². The summed E-state index contributed by atoms with van der Waals surface area (Å²) in [6.45, 7) is 10.6. The molecule has 1 aliphatic rings. The summed E-state index contributed by atoms with van der Waals surface area (Å²) in [4.78, 5) is 4.47. The lowest BCUT2D eigenvalue weighted by Gasteiger charge is -2.20. The minimum Gasteiger partial charge on any atom is -0.260 e. The van der Waals surface area contributed by atoms with Crippen molar-refractivity contribution in [2.24, 2.45) is 0 Å². The van der Waals surface area contributed by atoms with Crippen LogP contribution in [0.15, 0.2) is 18.3 Å². The lowest BCUT2D eigenvalue weighted by Crippen LogP contribution is -2.15. The summed E-state index contributed by atoms with van der Waals surface area (Å²) in [6, 6.07) is 2.12. The Morgan fingerprint density at radius 1 is 1.20 bits per heavy atom. The molecular weight excluding hydrogens is 182 g/mol. The van der Waals surface area contributed by atoms with Gasteiger partial charge >= 0.3 is 0 Å². The van der Waals surface area contributed by atoms with Gasteiger partial charge in [-0.1, -0.05) is 46.8 Å². The SMILES string of the molecule is CC.CC(C)(C)c1nccc2c1C=CC2. The molecule has 0 aromatic carbocycles. The summed E-state index contributed by atoms with van der Waals surface area (Å²) in [5.41, 5.74) is 4.13. The van der Waals surface area contributed by atoms with Crippen molar-refractivity contribution < 1.29 is 0 Å². The molecule has 0 aliphatic heterocycles. The first kappa shape index (κ1) is 12.0. The molecule has 1 heteroatoms. The molecule has 0 bridgehead atoms. The standard InChI is InChI=1S/C12H15N.C2H6/c1-12(2,3)11-10-6-4-5-9(10)7-8-13-11;1-2/h4,6-8H,5H2,1-3H3;1-2H3. The van der Waals surface area contributed by atoms with Gasteiger partial charge < -0.3 is 0 Å². The average Bonchev–Trinajstić information content (AvgIpc) is 2.66. The first-order valence-electron chi connectivity index (χ1n) is 5.74. The molecule has 82 valence electrons. The van der Waals surface area contributed by atoms with Crippen LogP contribution in [0.25, 0.3) is 6.08 Å². The Kier molecular flexibility index (Phi) is 3.67. The molecule has 0 N–H and O–H groups in total. The van der Waals surface area contributed by atoms with E-state index in [-0.39, 0.29) is 5.41 Å². The van der Waals surface area contributed by atoms with Gasteiger partial charge in [-0.3, -0.25) is 4.98 Å². The molecule has 15 heavy (non-hydrogen) atoms. The van der Waals surface area contributed by atoms with Gasteiger partial charge in [0.1, 0.15) is 0 Å². The highest BCUT2D eigenvalue weighted by atomic mass is 14.7. The predicted molar refractivity (Wildman–Crippen MR) is 67.0 cm³/mol. The zero-order valence-electron chi connectivity index (χ0n) is 10.5. The third-order valence-electron chi connectivity index (χ3n) is 2.41. The van der Waals surface area contributed by atoms with Crippen LogP contribution in [0.2, 0.25) is 0 Å². The van der Waals surface area contributed by atoms with E-state index in [1.807, 2.05) is 20.0 Å². The monoisotopic (exact) mass is 203 g/mol. The number of rotatable bonds is 0. The highest BCUT2D eigenvalue weighted by molar-refractivity contribution is 5.62.